The second-order valence-corrected chi connectivity index (χ2v) is 8.21. The summed E-state index contributed by atoms with van der Waals surface area (Å²) in [5.41, 5.74) is 9.11. The smallest absolute Gasteiger partial charge is 0.359 e. The van der Waals surface area contributed by atoms with Crippen LogP contribution in [0.15, 0.2) is 36.1 Å². The van der Waals surface area contributed by atoms with Crippen LogP contribution in [0.3, 0.4) is 0 Å². The zero-order valence-corrected chi connectivity index (χ0v) is 16.9. The molecule has 1 aliphatic carbocycles. The van der Waals surface area contributed by atoms with Gasteiger partial charge in [0.25, 0.3) is 0 Å². The molecule has 3 heterocycles. The van der Waals surface area contributed by atoms with E-state index in [4.69, 9.17) is 5.73 Å². The Hall–Kier alpha value is -2.79. The van der Waals surface area contributed by atoms with E-state index in [0.29, 0.717) is 34.3 Å². The Balaban J connectivity index is 1.36. The number of hydrogen-bond acceptors (Lipinski definition) is 7. The number of nitrogens with zero attached hydrogens (tertiary/aromatic N) is 4. The number of H-pyrrole nitrogens is 1. The number of halogens is 3. The maximum atomic E-state index is 12.9. The number of aromatic amines is 1. The van der Waals surface area contributed by atoms with Gasteiger partial charge < -0.3 is 11.1 Å². The number of nitrogens with two attached hydrogens (primary N) is 1. The molecule has 0 fully saturated rings. The van der Waals surface area contributed by atoms with Crippen molar-refractivity contribution in [1.82, 2.24) is 25.4 Å². The third kappa shape index (κ3) is 4.51. The van der Waals surface area contributed by atoms with Crippen LogP contribution in [0.25, 0.3) is 21.6 Å². The molecule has 4 N–H and O–H groups in total. The first kappa shape index (κ1) is 20.5. The summed E-state index contributed by atoms with van der Waals surface area (Å²) in [6, 6.07) is 1.60. The lowest BCUT2D eigenvalue weighted by atomic mass is 9.92. The Bertz CT molecular complexity index is 1100. The molecule has 1 unspecified atom stereocenters. The van der Waals surface area contributed by atoms with E-state index in [1.54, 1.807) is 18.3 Å². The topological polar surface area (TPSA) is 105 Å². The molecule has 0 bridgehead atoms. The Morgan fingerprint density at radius 2 is 2.20 bits per heavy atom. The Morgan fingerprint density at radius 1 is 1.37 bits per heavy atom. The number of aryl methyl sites for hydroxylation is 1. The number of anilines is 1. The second-order valence-electron chi connectivity index (χ2n) is 7.23. The van der Waals surface area contributed by atoms with Crippen LogP contribution in [0.1, 0.15) is 18.5 Å². The van der Waals surface area contributed by atoms with Crippen LogP contribution in [0.2, 0.25) is 0 Å². The van der Waals surface area contributed by atoms with Gasteiger partial charge in [0.1, 0.15) is 0 Å². The van der Waals surface area contributed by atoms with E-state index in [1.165, 1.54) is 17.4 Å². The monoisotopic (exact) mass is 435 g/mol. The largest absolute Gasteiger partial charge is 0.395 e. The molecule has 0 saturated carbocycles. The fourth-order valence-electron chi connectivity index (χ4n) is 3.25. The van der Waals surface area contributed by atoms with Crippen molar-refractivity contribution in [2.24, 2.45) is 11.7 Å². The zero-order chi connectivity index (χ0) is 21.3. The van der Waals surface area contributed by atoms with Crippen LogP contribution in [-0.4, -0.2) is 44.1 Å². The first-order valence-electron chi connectivity index (χ1n) is 9.37. The molecule has 0 aromatic carbocycles. The number of allylic oxidation sites excluding steroid dienone is 3. The van der Waals surface area contributed by atoms with Crippen LogP contribution < -0.4 is 11.1 Å². The van der Waals surface area contributed by atoms with E-state index < -0.39 is 12.1 Å². The van der Waals surface area contributed by atoms with Gasteiger partial charge in [-0.25, -0.2) is 4.98 Å². The fraction of sp³-hybridized carbons (Fsp3) is 0.368. The highest BCUT2D eigenvalue weighted by molar-refractivity contribution is 7.18. The molecule has 2 atom stereocenters. The van der Waals surface area contributed by atoms with Gasteiger partial charge in [-0.1, -0.05) is 35.1 Å². The summed E-state index contributed by atoms with van der Waals surface area (Å²) in [5, 5.41) is 20.6. The van der Waals surface area contributed by atoms with Gasteiger partial charge in [-0.15, -0.1) is 10.2 Å². The third-order valence-corrected chi connectivity index (χ3v) is 5.77. The minimum atomic E-state index is -4.23. The van der Waals surface area contributed by atoms with E-state index in [1.807, 2.05) is 13.0 Å². The van der Waals surface area contributed by atoms with Crippen LogP contribution in [0, 0.1) is 12.8 Å². The van der Waals surface area contributed by atoms with Gasteiger partial charge in [0, 0.05) is 35.4 Å². The van der Waals surface area contributed by atoms with Gasteiger partial charge in [0.15, 0.2) is 10.7 Å². The highest BCUT2D eigenvalue weighted by Crippen LogP contribution is 2.34. The minimum absolute atomic E-state index is 0.0208. The summed E-state index contributed by atoms with van der Waals surface area (Å²) < 4.78 is 38.7. The molecule has 0 saturated heterocycles. The number of rotatable bonds is 6. The molecular weight excluding hydrogens is 415 g/mol. The third-order valence-electron chi connectivity index (χ3n) is 4.84. The maximum Gasteiger partial charge on any atom is 0.395 e. The van der Waals surface area contributed by atoms with Crippen LogP contribution in [-0.2, 0) is 0 Å². The lowest BCUT2D eigenvalue weighted by molar-refractivity contribution is -0.160. The number of aromatic nitrogens is 5. The van der Waals surface area contributed by atoms with E-state index in [0.717, 1.165) is 16.6 Å². The van der Waals surface area contributed by atoms with Crippen molar-refractivity contribution < 1.29 is 13.2 Å². The van der Waals surface area contributed by atoms with E-state index >= 15 is 0 Å². The summed E-state index contributed by atoms with van der Waals surface area (Å²) in [6.07, 6.45) is 2.33. The van der Waals surface area contributed by atoms with Gasteiger partial charge in [-0.05, 0) is 25.8 Å². The van der Waals surface area contributed by atoms with Crippen molar-refractivity contribution in [3.63, 3.8) is 0 Å². The van der Waals surface area contributed by atoms with Crippen molar-refractivity contribution in [3.8, 4) is 10.6 Å². The van der Waals surface area contributed by atoms with Gasteiger partial charge in [0.2, 0.25) is 5.13 Å². The van der Waals surface area contributed by atoms with Gasteiger partial charge in [0.05, 0.1) is 5.92 Å². The Labute approximate surface area is 174 Å². The summed E-state index contributed by atoms with van der Waals surface area (Å²) in [6.45, 7) is 2.29. The molecule has 3 aromatic heterocycles. The lowest BCUT2D eigenvalue weighted by Crippen LogP contribution is -2.30. The van der Waals surface area contributed by atoms with Gasteiger partial charge in [-0.3, -0.25) is 5.10 Å². The quantitative estimate of drug-likeness (QED) is 0.541. The second kappa shape index (κ2) is 8.15. The first-order chi connectivity index (χ1) is 14.3. The summed E-state index contributed by atoms with van der Waals surface area (Å²) >= 11 is 1.36. The average molecular weight is 435 g/mol. The van der Waals surface area contributed by atoms with Crippen LogP contribution in [0.5, 0.6) is 0 Å². The van der Waals surface area contributed by atoms with Crippen LogP contribution >= 0.6 is 11.3 Å². The zero-order valence-electron chi connectivity index (χ0n) is 16.1. The van der Waals surface area contributed by atoms with Crippen LogP contribution in [0.4, 0.5) is 18.3 Å². The summed E-state index contributed by atoms with van der Waals surface area (Å²) in [4.78, 5) is 4.31. The normalized spacial score (nSPS) is 17.9. The fourth-order valence-corrected chi connectivity index (χ4v) is 3.98. The minimum Gasteiger partial charge on any atom is -0.359 e. The SMILES string of the molecule is Cc1[nH]nc2ncc(-c3nnc(NC[C@@H](N)CC4=CC(C(F)(F)F)CC=C4)s3)cc12. The van der Waals surface area contributed by atoms with Gasteiger partial charge in [-0.2, -0.15) is 18.3 Å². The molecular formula is C19H20F3N7S. The number of alkyl halides is 3. The molecule has 11 heteroatoms. The lowest BCUT2D eigenvalue weighted by Gasteiger charge is -2.21. The van der Waals surface area contributed by atoms with E-state index in [-0.39, 0.29) is 12.5 Å². The molecule has 7 nitrogen and oxygen atoms in total. The first-order valence-corrected chi connectivity index (χ1v) is 10.2. The standard InChI is InChI=1S/C19H20F3N7S/c1-10-15-7-12(8-24-16(15)27-26-10)17-28-29-18(30-17)25-9-14(23)6-11-3-2-4-13(5-11)19(20,21)22/h2-3,5,7-8,13-14H,4,6,9,23H2,1H3,(H,25,29)(H,24,26,27)/t13?,14-/m0/s1. The van der Waals surface area contributed by atoms with Crippen molar-refractivity contribution in [2.75, 3.05) is 11.9 Å². The van der Waals surface area contributed by atoms with E-state index in [2.05, 4.69) is 30.7 Å². The molecule has 0 spiro atoms. The Kier molecular flexibility index (Phi) is 5.56. The predicted molar refractivity (Wildman–Crippen MR) is 110 cm³/mol. The summed E-state index contributed by atoms with van der Waals surface area (Å²) in [5.74, 6) is -1.44. The maximum absolute atomic E-state index is 12.9. The molecule has 0 amide bonds. The van der Waals surface area contributed by atoms with Crippen molar-refractivity contribution in [2.45, 2.75) is 32.0 Å². The highest BCUT2D eigenvalue weighted by atomic mass is 32.1. The Morgan fingerprint density at radius 3 is 3.00 bits per heavy atom. The molecule has 4 rings (SSSR count). The van der Waals surface area contributed by atoms with Gasteiger partial charge >= 0.3 is 6.18 Å². The molecule has 0 aliphatic heterocycles. The van der Waals surface area contributed by atoms with Crippen molar-refractivity contribution in [1.29, 1.82) is 0 Å². The molecule has 158 valence electrons. The molecule has 0 radical (unpaired) electrons. The van der Waals surface area contributed by atoms with Crippen molar-refractivity contribution >= 4 is 27.5 Å². The van der Waals surface area contributed by atoms with Crippen molar-refractivity contribution in [3.05, 3.63) is 41.8 Å². The van der Waals surface area contributed by atoms with E-state index in [9.17, 15) is 13.2 Å². The predicted octanol–water partition coefficient (Wildman–Crippen LogP) is 3.98. The number of hydrogen-bond donors (Lipinski definition) is 3. The molecule has 30 heavy (non-hydrogen) atoms. The molecule has 3 aromatic rings. The highest BCUT2D eigenvalue weighted by Gasteiger charge is 2.38. The summed E-state index contributed by atoms with van der Waals surface area (Å²) in [7, 11) is 0. The number of pyridine rings is 1. The average Bonchev–Trinajstić information content (AvgIpc) is 3.33. The number of fused-ring (bicyclic) bond motifs is 1. The number of nitrogens with one attached hydrogen (secondary N) is 2. The molecule has 1 aliphatic rings.